The van der Waals surface area contributed by atoms with Gasteiger partial charge < -0.3 is 10.2 Å². The van der Waals surface area contributed by atoms with Crippen molar-refractivity contribution in [1.82, 2.24) is 5.32 Å². The molecule has 2 aromatic carbocycles. The third kappa shape index (κ3) is 3.75. The van der Waals surface area contributed by atoms with Crippen LogP contribution in [-0.4, -0.2) is 24.9 Å². The monoisotopic (exact) mass is 362 g/mol. The molecule has 0 radical (unpaired) electrons. The molecule has 4 nitrogen and oxygen atoms in total. The van der Waals surface area contributed by atoms with E-state index in [0.717, 1.165) is 35.0 Å². The summed E-state index contributed by atoms with van der Waals surface area (Å²) < 4.78 is 0. The molecule has 0 saturated heterocycles. The molecule has 4 rings (SSSR count). The second kappa shape index (κ2) is 7.95. The maximum absolute atomic E-state index is 12.7. The van der Waals surface area contributed by atoms with E-state index in [2.05, 4.69) is 11.4 Å². The van der Waals surface area contributed by atoms with Crippen LogP contribution in [0.5, 0.6) is 0 Å². The highest BCUT2D eigenvalue weighted by molar-refractivity contribution is 6.25. The van der Waals surface area contributed by atoms with E-state index in [1.165, 1.54) is 31.3 Å². The Morgan fingerprint density at radius 2 is 1.96 bits per heavy atom. The highest BCUT2D eigenvalue weighted by atomic mass is 16.2. The van der Waals surface area contributed by atoms with Crippen molar-refractivity contribution in [2.45, 2.75) is 44.9 Å². The molecule has 2 aliphatic rings. The fraction of sp³-hybridized carbons (Fsp3) is 0.391. The summed E-state index contributed by atoms with van der Waals surface area (Å²) in [6.45, 7) is 1.29. The van der Waals surface area contributed by atoms with Gasteiger partial charge in [-0.1, -0.05) is 35.9 Å². The summed E-state index contributed by atoms with van der Waals surface area (Å²) in [7, 11) is 0. The number of benzene rings is 2. The molecule has 0 atom stereocenters. The number of allylic oxidation sites excluding steroid dienone is 1. The van der Waals surface area contributed by atoms with Crippen molar-refractivity contribution in [1.29, 1.82) is 0 Å². The zero-order chi connectivity index (χ0) is 18.6. The maximum atomic E-state index is 12.7. The van der Waals surface area contributed by atoms with Gasteiger partial charge in [-0.15, -0.1) is 0 Å². The molecular formula is C23H26N2O2. The van der Waals surface area contributed by atoms with Crippen LogP contribution >= 0.6 is 0 Å². The minimum atomic E-state index is 0.0476. The molecular weight excluding hydrogens is 336 g/mol. The number of nitrogens with one attached hydrogen (secondary N) is 1. The first kappa shape index (κ1) is 17.8. The van der Waals surface area contributed by atoms with E-state index in [0.29, 0.717) is 19.4 Å². The standard InChI is InChI=1S/C23H26N2O2/c26-21(24-15-14-17-7-2-1-3-8-17)13-6-16-25-20-12-5-10-18-9-4-11-19(22(18)20)23(25)27/h4-5,7,9-12H,1-3,6,8,13-16H2,(H,24,26). The normalized spacial score (nSPS) is 15.9. The number of hydrogen-bond donors (Lipinski definition) is 1. The maximum Gasteiger partial charge on any atom is 0.258 e. The van der Waals surface area contributed by atoms with Crippen LogP contribution in [0.4, 0.5) is 5.69 Å². The van der Waals surface area contributed by atoms with Gasteiger partial charge in [0.25, 0.3) is 5.91 Å². The summed E-state index contributed by atoms with van der Waals surface area (Å²) in [4.78, 5) is 26.7. The Hall–Kier alpha value is -2.62. The Balaban J connectivity index is 1.27. The van der Waals surface area contributed by atoms with E-state index < -0.39 is 0 Å². The van der Waals surface area contributed by atoms with Crippen molar-refractivity contribution in [2.24, 2.45) is 0 Å². The van der Waals surface area contributed by atoms with Gasteiger partial charge in [0.15, 0.2) is 0 Å². The Kier molecular flexibility index (Phi) is 5.23. The highest BCUT2D eigenvalue weighted by Crippen LogP contribution is 2.37. The number of carbonyl (C=O) groups excluding carboxylic acids is 2. The lowest BCUT2D eigenvalue weighted by Crippen LogP contribution is -2.30. The van der Waals surface area contributed by atoms with Crippen LogP contribution < -0.4 is 10.2 Å². The molecule has 27 heavy (non-hydrogen) atoms. The van der Waals surface area contributed by atoms with Crippen molar-refractivity contribution in [3.8, 4) is 0 Å². The third-order valence-corrected chi connectivity index (χ3v) is 5.59. The van der Waals surface area contributed by atoms with Crippen LogP contribution in [0.15, 0.2) is 48.0 Å². The fourth-order valence-electron chi connectivity index (χ4n) is 4.18. The lowest BCUT2D eigenvalue weighted by Gasteiger charge is -2.17. The third-order valence-electron chi connectivity index (χ3n) is 5.59. The summed E-state index contributed by atoms with van der Waals surface area (Å²) >= 11 is 0. The quantitative estimate of drug-likeness (QED) is 0.733. The lowest BCUT2D eigenvalue weighted by atomic mass is 9.97. The van der Waals surface area contributed by atoms with Gasteiger partial charge in [0.05, 0.1) is 5.69 Å². The largest absolute Gasteiger partial charge is 0.356 e. The minimum absolute atomic E-state index is 0.0476. The Morgan fingerprint density at radius 1 is 1.11 bits per heavy atom. The van der Waals surface area contributed by atoms with Gasteiger partial charge in [-0.05, 0) is 56.0 Å². The Morgan fingerprint density at radius 3 is 2.78 bits per heavy atom. The molecule has 0 saturated carbocycles. The Labute approximate surface area is 160 Å². The van der Waals surface area contributed by atoms with Crippen LogP contribution in [0.3, 0.4) is 0 Å². The molecule has 2 amide bonds. The first-order valence-corrected chi connectivity index (χ1v) is 10.0. The van der Waals surface area contributed by atoms with Crippen LogP contribution in [-0.2, 0) is 4.79 Å². The van der Waals surface area contributed by atoms with Gasteiger partial charge in [-0.3, -0.25) is 9.59 Å². The van der Waals surface area contributed by atoms with Crippen LogP contribution in [0.2, 0.25) is 0 Å². The van der Waals surface area contributed by atoms with Crippen molar-refractivity contribution < 1.29 is 9.59 Å². The number of nitrogens with zero attached hydrogens (tertiary/aromatic N) is 1. The SMILES string of the molecule is O=C(CCCN1C(=O)c2cccc3cccc1c23)NCCC1=CCCCC1. The second-order valence-corrected chi connectivity index (χ2v) is 7.45. The molecule has 0 spiro atoms. The first-order valence-electron chi connectivity index (χ1n) is 10.0. The number of anilines is 1. The zero-order valence-corrected chi connectivity index (χ0v) is 15.7. The van der Waals surface area contributed by atoms with Crippen molar-refractivity contribution >= 4 is 28.3 Å². The molecule has 4 heteroatoms. The molecule has 1 N–H and O–H groups in total. The molecule has 140 valence electrons. The molecule has 0 aromatic heterocycles. The van der Waals surface area contributed by atoms with Gasteiger partial charge in [-0.25, -0.2) is 0 Å². The summed E-state index contributed by atoms with van der Waals surface area (Å²) in [5.41, 5.74) is 3.22. The van der Waals surface area contributed by atoms with E-state index >= 15 is 0 Å². The molecule has 0 bridgehead atoms. The van der Waals surface area contributed by atoms with Crippen molar-refractivity contribution in [2.75, 3.05) is 18.0 Å². The minimum Gasteiger partial charge on any atom is -0.356 e. The van der Waals surface area contributed by atoms with Gasteiger partial charge in [-0.2, -0.15) is 0 Å². The van der Waals surface area contributed by atoms with Gasteiger partial charge in [0.1, 0.15) is 0 Å². The van der Waals surface area contributed by atoms with Crippen LogP contribution in [0.1, 0.15) is 55.3 Å². The average molecular weight is 362 g/mol. The molecule has 0 fully saturated rings. The molecule has 1 aliphatic carbocycles. The van der Waals surface area contributed by atoms with E-state index in [-0.39, 0.29) is 11.8 Å². The topological polar surface area (TPSA) is 49.4 Å². The summed E-state index contributed by atoms with van der Waals surface area (Å²) in [5.74, 6) is 0.125. The van der Waals surface area contributed by atoms with Gasteiger partial charge in [0.2, 0.25) is 5.91 Å². The second-order valence-electron chi connectivity index (χ2n) is 7.45. The predicted octanol–water partition coefficient (Wildman–Crippen LogP) is 4.59. The zero-order valence-electron chi connectivity index (χ0n) is 15.7. The van der Waals surface area contributed by atoms with E-state index in [4.69, 9.17) is 0 Å². The van der Waals surface area contributed by atoms with E-state index in [1.807, 2.05) is 41.3 Å². The van der Waals surface area contributed by atoms with Crippen molar-refractivity contribution in [3.63, 3.8) is 0 Å². The molecule has 2 aromatic rings. The van der Waals surface area contributed by atoms with Crippen LogP contribution in [0, 0.1) is 0 Å². The smallest absolute Gasteiger partial charge is 0.258 e. The summed E-state index contributed by atoms with van der Waals surface area (Å²) in [5, 5.41) is 5.15. The molecule has 0 unspecified atom stereocenters. The van der Waals surface area contributed by atoms with E-state index in [9.17, 15) is 9.59 Å². The number of carbonyl (C=O) groups is 2. The highest BCUT2D eigenvalue weighted by Gasteiger charge is 2.28. The lowest BCUT2D eigenvalue weighted by molar-refractivity contribution is -0.121. The van der Waals surface area contributed by atoms with Gasteiger partial charge >= 0.3 is 0 Å². The first-order chi connectivity index (χ1) is 13.2. The molecule has 1 heterocycles. The predicted molar refractivity (Wildman–Crippen MR) is 109 cm³/mol. The van der Waals surface area contributed by atoms with Crippen LogP contribution in [0.25, 0.3) is 10.8 Å². The summed E-state index contributed by atoms with van der Waals surface area (Å²) in [6.07, 6.45) is 9.35. The fourth-order valence-corrected chi connectivity index (χ4v) is 4.18. The number of hydrogen-bond acceptors (Lipinski definition) is 2. The summed E-state index contributed by atoms with van der Waals surface area (Å²) in [6, 6.07) is 11.9. The number of amides is 2. The van der Waals surface area contributed by atoms with E-state index in [1.54, 1.807) is 0 Å². The average Bonchev–Trinajstić information content (AvgIpc) is 2.97. The molecule has 1 aliphatic heterocycles. The number of rotatable bonds is 7. The van der Waals surface area contributed by atoms with Gasteiger partial charge in [0, 0.05) is 30.5 Å². The Bertz CT molecular complexity index is 895. The van der Waals surface area contributed by atoms with Crippen molar-refractivity contribution in [3.05, 3.63) is 53.6 Å².